The zero-order valence-corrected chi connectivity index (χ0v) is 15.6. The van der Waals surface area contributed by atoms with Crippen molar-refractivity contribution in [1.29, 1.82) is 0 Å². The molecule has 0 aliphatic carbocycles. The van der Waals surface area contributed by atoms with E-state index in [1.54, 1.807) is 24.4 Å². The Morgan fingerprint density at radius 2 is 1.62 bits per heavy atom. The second kappa shape index (κ2) is 8.39. The highest BCUT2D eigenvalue weighted by Gasteiger charge is 2.06. The molecule has 6 heteroatoms. The van der Waals surface area contributed by atoms with Gasteiger partial charge in [0.05, 0.1) is 17.2 Å². The molecule has 6 nitrogen and oxygen atoms in total. The first-order valence-corrected chi connectivity index (χ1v) is 9.12. The molecular formula is C23H19N3O3. The monoisotopic (exact) mass is 385 g/mol. The number of hydrogen-bond acceptors (Lipinski definition) is 5. The summed E-state index contributed by atoms with van der Waals surface area (Å²) in [6.45, 7) is 0.821. The van der Waals surface area contributed by atoms with Gasteiger partial charge in [-0.1, -0.05) is 42.5 Å². The average molecular weight is 385 g/mol. The van der Waals surface area contributed by atoms with E-state index in [9.17, 15) is 4.79 Å². The van der Waals surface area contributed by atoms with Crippen LogP contribution in [0.4, 0.5) is 0 Å². The number of rotatable bonds is 7. The minimum atomic E-state index is -0.507. The van der Waals surface area contributed by atoms with E-state index in [4.69, 9.17) is 15.2 Å². The highest BCUT2D eigenvalue weighted by Crippen LogP contribution is 2.19. The summed E-state index contributed by atoms with van der Waals surface area (Å²) >= 11 is 0. The maximum absolute atomic E-state index is 11.3. The zero-order valence-electron chi connectivity index (χ0n) is 15.6. The molecule has 29 heavy (non-hydrogen) atoms. The van der Waals surface area contributed by atoms with Gasteiger partial charge < -0.3 is 15.2 Å². The van der Waals surface area contributed by atoms with E-state index in [2.05, 4.69) is 9.97 Å². The van der Waals surface area contributed by atoms with Crippen LogP contribution in [-0.2, 0) is 13.2 Å². The lowest BCUT2D eigenvalue weighted by molar-refractivity contribution is 0.100. The van der Waals surface area contributed by atoms with Crippen LogP contribution in [0.25, 0.3) is 11.0 Å². The van der Waals surface area contributed by atoms with Crippen LogP contribution in [0.5, 0.6) is 11.6 Å². The highest BCUT2D eigenvalue weighted by atomic mass is 16.5. The molecular weight excluding hydrogens is 366 g/mol. The minimum Gasteiger partial charge on any atom is -0.489 e. The third kappa shape index (κ3) is 4.68. The van der Waals surface area contributed by atoms with E-state index >= 15 is 0 Å². The lowest BCUT2D eigenvalue weighted by atomic mass is 10.2. The van der Waals surface area contributed by atoms with Crippen LogP contribution in [0.2, 0.25) is 0 Å². The zero-order chi connectivity index (χ0) is 20.1. The first kappa shape index (κ1) is 18.4. The number of aromatic nitrogens is 2. The molecule has 0 saturated heterocycles. The van der Waals surface area contributed by atoms with Gasteiger partial charge in [0.1, 0.15) is 19.0 Å². The van der Waals surface area contributed by atoms with E-state index in [1.165, 1.54) is 0 Å². The second-order valence-electron chi connectivity index (χ2n) is 6.49. The summed E-state index contributed by atoms with van der Waals surface area (Å²) in [5.74, 6) is 0.632. The van der Waals surface area contributed by atoms with E-state index in [-0.39, 0.29) is 0 Å². The Morgan fingerprint density at radius 1 is 0.828 bits per heavy atom. The molecule has 0 aliphatic heterocycles. The van der Waals surface area contributed by atoms with Crippen molar-refractivity contribution in [1.82, 2.24) is 9.97 Å². The molecule has 1 aromatic heterocycles. The number of primary amides is 1. The molecule has 1 amide bonds. The number of benzene rings is 3. The molecule has 0 bridgehead atoms. The number of carbonyl (C=O) groups is 1. The van der Waals surface area contributed by atoms with Gasteiger partial charge in [-0.2, -0.15) is 0 Å². The van der Waals surface area contributed by atoms with Crippen molar-refractivity contribution in [2.75, 3.05) is 0 Å². The average Bonchev–Trinajstić information content (AvgIpc) is 2.76. The summed E-state index contributed by atoms with van der Waals surface area (Å²) < 4.78 is 11.6. The van der Waals surface area contributed by atoms with Crippen molar-refractivity contribution < 1.29 is 14.3 Å². The number of carbonyl (C=O) groups excluding carboxylic acids is 1. The van der Waals surface area contributed by atoms with Crippen molar-refractivity contribution in [3.05, 3.63) is 95.7 Å². The largest absolute Gasteiger partial charge is 0.489 e. The molecule has 1 heterocycles. The molecule has 144 valence electrons. The van der Waals surface area contributed by atoms with Gasteiger partial charge >= 0.3 is 0 Å². The summed E-state index contributed by atoms with van der Waals surface area (Å²) in [5.41, 5.74) is 8.98. The van der Waals surface area contributed by atoms with Gasteiger partial charge in [-0.3, -0.25) is 4.79 Å². The summed E-state index contributed by atoms with van der Waals surface area (Å²) in [6.07, 6.45) is 1.56. The smallest absolute Gasteiger partial charge is 0.248 e. The van der Waals surface area contributed by atoms with Gasteiger partial charge in [0.2, 0.25) is 11.8 Å². The van der Waals surface area contributed by atoms with Crippen molar-refractivity contribution in [3.8, 4) is 11.6 Å². The molecule has 0 fully saturated rings. The van der Waals surface area contributed by atoms with Gasteiger partial charge in [-0.05, 0) is 41.5 Å². The molecule has 4 aromatic rings. The molecule has 0 atom stereocenters. The van der Waals surface area contributed by atoms with Crippen molar-refractivity contribution >= 4 is 16.9 Å². The molecule has 2 N–H and O–H groups in total. The SMILES string of the molecule is NC(=O)c1ccc2ncc(OCc3cccc(OCc4ccccc4)c3)nc2c1. The fourth-order valence-electron chi connectivity index (χ4n) is 2.84. The molecule has 0 aliphatic rings. The highest BCUT2D eigenvalue weighted by molar-refractivity contribution is 5.96. The Kier molecular flexibility index (Phi) is 5.33. The Balaban J connectivity index is 1.42. The number of amides is 1. The van der Waals surface area contributed by atoms with Gasteiger partial charge in [-0.15, -0.1) is 0 Å². The van der Waals surface area contributed by atoms with Crippen molar-refractivity contribution in [3.63, 3.8) is 0 Å². The molecule has 0 radical (unpaired) electrons. The standard InChI is InChI=1S/C23H19N3O3/c24-23(27)18-9-10-20-21(12-18)26-22(13-25-20)29-15-17-7-4-8-19(11-17)28-14-16-5-2-1-3-6-16/h1-13H,14-15H2,(H2,24,27). The summed E-state index contributed by atoms with van der Waals surface area (Å²) in [4.78, 5) is 20.1. The molecule has 3 aromatic carbocycles. The minimum absolute atomic E-state index is 0.318. The van der Waals surface area contributed by atoms with Gasteiger partial charge in [-0.25, -0.2) is 9.97 Å². The van der Waals surface area contributed by atoms with Crippen LogP contribution >= 0.6 is 0 Å². The normalized spacial score (nSPS) is 10.6. The van der Waals surface area contributed by atoms with Gasteiger partial charge in [0.25, 0.3) is 0 Å². The van der Waals surface area contributed by atoms with Crippen LogP contribution in [0, 0.1) is 0 Å². The maximum atomic E-state index is 11.3. The number of ether oxygens (including phenoxy) is 2. The van der Waals surface area contributed by atoms with Gasteiger partial charge in [0, 0.05) is 5.56 Å². The Morgan fingerprint density at radius 3 is 2.45 bits per heavy atom. The van der Waals surface area contributed by atoms with E-state index in [0.717, 1.165) is 16.9 Å². The Hall–Kier alpha value is -3.93. The molecule has 0 spiro atoms. The lowest BCUT2D eigenvalue weighted by Crippen LogP contribution is -2.10. The number of nitrogens with two attached hydrogens (primary N) is 1. The molecule has 0 saturated carbocycles. The maximum Gasteiger partial charge on any atom is 0.248 e. The third-order valence-corrected chi connectivity index (χ3v) is 4.34. The van der Waals surface area contributed by atoms with E-state index in [1.807, 2.05) is 54.6 Å². The predicted molar refractivity (Wildman–Crippen MR) is 110 cm³/mol. The van der Waals surface area contributed by atoms with Gasteiger partial charge in [0.15, 0.2) is 0 Å². The first-order valence-electron chi connectivity index (χ1n) is 9.12. The Bertz CT molecular complexity index is 1150. The second-order valence-corrected chi connectivity index (χ2v) is 6.49. The number of fused-ring (bicyclic) bond motifs is 1. The third-order valence-electron chi connectivity index (χ3n) is 4.34. The summed E-state index contributed by atoms with van der Waals surface area (Å²) in [5, 5.41) is 0. The summed E-state index contributed by atoms with van der Waals surface area (Å²) in [6, 6.07) is 22.7. The topological polar surface area (TPSA) is 87.3 Å². The lowest BCUT2D eigenvalue weighted by Gasteiger charge is -2.09. The fraction of sp³-hybridized carbons (Fsp3) is 0.0870. The summed E-state index contributed by atoms with van der Waals surface area (Å²) in [7, 11) is 0. The number of nitrogens with zero attached hydrogens (tertiary/aromatic N) is 2. The van der Waals surface area contributed by atoms with Crippen molar-refractivity contribution in [2.45, 2.75) is 13.2 Å². The van der Waals surface area contributed by atoms with E-state index < -0.39 is 5.91 Å². The first-order chi connectivity index (χ1) is 14.2. The molecule has 0 unspecified atom stereocenters. The van der Waals surface area contributed by atoms with Crippen molar-refractivity contribution in [2.24, 2.45) is 5.73 Å². The Labute approximate surface area is 167 Å². The van der Waals surface area contributed by atoms with Crippen LogP contribution in [0.1, 0.15) is 21.5 Å². The van der Waals surface area contributed by atoms with E-state index in [0.29, 0.717) is 35.7 Å². The number of hydrogen-bond donors (Lipinski definition) is 1. The van der Waals surface area contributed by atoms with Crippen LogP contribution in [-0.4, -0.2) is 15.9 Å². The molecule has 4 rings (SSSR count). The fourth-order valence-corrected chi connectivity index (χ4v) is 2.84. The van der Waals surface area contributed by atoms with Crippen LogP contribution in [0.15, 0.2) is 79.0 Å². The quantitative estimate of drug-likeness (QED) is 0.521. The van der Waals surface area contributed by atoms with Crippen LogP contribution < -0.4 is 15.2 Å². The van der Waals surface area contributed by atoms with Crippen LogP contribution in [0.3, 0.4) is 0 Å². The predicted octanol–water partition coefficient (Wildman–Crippen LogP) is 3.89.